The molecule has 13 atom stereocenters. The summed E-state index contributed by atoms with van der Waals surface area (Å²) in [6, 6.07) is 13.7. The van der Waals surface area contributed by atoms with E-state index >= 15 is 0 Å². The number of ether oxygens (including phenoxy) is 1. The largest absolute Gasteiger partial charge is 0.508 e. The molecule has 310 valence electrons. The third kappa shape index (κ3) is 6.21. The van der Waals surface area contributed by atoms with Crippen LogP contribution in [-0.4, -0.2) is 50.8 Å². The number of aliphatic hydroxyl groups excluding tert-OH is 2. The van der Waals surface area contributed by atoms with Crippen molar-refractivity contribution < 1.29 is 29.6 Å². The molecule has 0 aromatic heterocycles. The van der Waals surface area contributed by atoms with E-state index in [2.05, 4.69) is 66.7 Å². The lowest BCUT2D eigenvalue weighted by atomic mass is 9.35. The summed E-state index contributed by atoms with van der Waals surface area (Å²) < 4.78 is 6.53. The molecule has 0 spiro atoms. The summed E-state index contributed by atoms with van der Waals surface area (Å²) in [4.78, 5) is 28.6. The number of nitrogens with two attached hydrogens (primary N) is 1. The predicted octanol–water partition coefficient (Wildman–Crippen LogP) is 9.46. The Morgan fingerprint density at radius 1 is 0.930 bits per heavy atom. The first-order valence-corrected chi connectivity index (χ1v) is 22.2. The summed E-state index contributed by atoms with van der Waals surface area (Å²) >= 11 is 0. The number of aliphatic hydroxyl groups is 2. The van der Waals surface area contributed by atoms with Gasteiger partial charge in [-0.05, 0) is 145 Å². The molecule has 8 rings (SSSR count). The van der Waals surface area contributed by atoms with Gasteiger partial charge in [-0.15, -0.1) is 0 Å². The number of allylic oxidation sites excluding steroid dienone is 2. The zero-order valence-electron chi connectivity index (χ0n) is 36.0. The molecule has 5 fully saturated rings. The lowest BCUT2D eigenvalue weighted by Gasteiger charge is -2.69. The molecule has 0 amide bonds. The number of phenolic OH excluding ortho intramolecular Hbond substituents is 1. The van der Waals surface area contributed by atoms with Gasteiger partial charge in [0.05, 0.1) is 17.8 Å². The molecule has 2 aromatic rings. The summed E-state index contributed by atoms with van der Waals surface area (Å²) in [7, 11) is 0. The molecule has 7 nitrogen and oxygen atoms in total. The van der Waals surface area contributed by atoms with Crippen molar-refractivity contribution in [1.29, 1.82) is 0 Å². The van der Waals surface area contributed by atoms with Crippen molar-refractivity contribution in [3.63, 3.8) is 0 Å². The number of carbonyl (C=O) groups excluding carboxylic acids is 2. The van der Waals surface area contributed by atoms with Gasteiger partial charge in [0.15, 0.2) is 5.78 Å². The number of hydrogen-bond donors (Lipinski definition) is 4. The van der Waals surface area contributed by atoms with Gasteiger partial charge < -0.3 is 25.8 Å². The monoisotopic (exact) mass is 780 g/mol. The molecule has 6 aliphatic rings. The molecule has 1 saturated heterocycles. The molecule has 57 heavy (non-hydrogen) atoms. The van der Waals surface area contributed by atoms with E-state index in [1.807, 2.05) is 26.0 Å². The van der Waals surface area contributed by atoms with Gasteiger partial charge in [-0.2, -0.15) is 0 Å². The number of aromatic hydroxyl groups is 1. The number of carbonyl (C=O) groups is 2. The average Bonchev–Trinajstić information content (AvgIpc) is 3.41. The van der Waals surface area contributed by atoms with Crippen LogP contribution < -0.4 is 5.73 Å². The van der Waals surface area contributed by atoms with Crippen LogP contribution >= 0.6 is 0 Å². The summed E-state index contributed by atoms with van der Waals surface area (Å²) in [6.07, 6.45) is 6.38. The van der Waals surface area contributed by atoms with Crippen LogP contribution in [0, 0.1) is 51.2 Å². The number of epoxide rings is 1. The topological polar surface area (TPSA) is 133 Å². The molecule has 5 N–H and O–H groups in total. The van der Waals surface area contributed by atoms with Crippen LogP contribution in [0.2, 0.25) is 0 Å². The number of fused-ring (bicyclic) bond motifs is 5. The highest BCUT2D eigenvalue weighted by Crippen LogP contribution is 2.75. The third-order valence-electron chi connectivity index (χ3n) is 17.4. The van der Waals surface area contributed by atoms with Crippen molar-refractivity contribution in [2.24, 2.45) is 51.2 Å². The Balaban J connectivity index is 1.03. The Kier molecular flexibility index (Phi) is 9.85. The number of hydrogen-bond acceptors (Lipinski definition) is 7. The number of anilines is 1. The highest BCUT2D eigenvalue weighted by Gasteiger charge is 2.71. The minimum Gasteiger partial charge on any atom is -0.508 e. The Hall–Kier alpha value is -3.00. The van der Waals surface area contributed by atoms with Crippen LogP contribution in [0.1, 0.15) is 149 Å². The van der Waals surface area contributed by atoms with Crippen molar-refractivity contribution in [2.75, 3.05) is 5.73 Å². The summed E-state index contributed by atoms with van der Waals surface area (Å²) in [5.74, 6) is 1.14. The molecular weight excluding hydrogens is 711 g/mol. The van der Waals surface area contributed by atoms with E-state index in [4.69, 9.17) is 10.5 Å². The van der Waals surface area contributed by atoms with Crippen LogP contribution in [0.25, 0.3) is 0 Å². The Morgan fingerprint density at radius 3 is 2.37 bits per heavy atom. The van der Waals surface area contributed by atoms with E-state index in [-0.39, 0.29) is 57.9 Å². The maximum atomic E-state index is 14.4. The van der Waals surface area contributed by atoms with Gasteiger partial charge in [-0.25, -0.2) is 0 Å². The SMILES string of the molecule is CC(C)Cc1cc(N)cc(C2CCCC2C2(C)OC2C(O)CC(C)C2=C3CCC4C5(C)CC(c6cccc(O)c6)C(=O)C(C)(C)C5C(O)CC4(C)C3(C)CC2=O)c1. The van der Waals surface area contributed by atoms with Gasteiger partial charge in [-0.1, -0.05) is 85.6 Å². The molecule has 1 heterocycles. The molecule has 5 aliphatic carbocycles. The number of phenols is 1. The van der Waals surface area contributed by atoms with Crippen LogP contribution in [0.15, 0.2) is 53.6 Å². The molecule has 0 radical (unpaired) electrons. The van der Waals surface area contributed by atoms with Crippen LogP contribution in [0.5, 0.6) is 5.75 Å². The Morgan fingerprint density at radius 2 is 1.67 bits per heavy atom. The van der Waals surface area contributed by atoms with Gasteiger partial charge in [0.1, 0.15) is 17.6 Å². The number of ketones is 2. The molecule has 1 aliphatic heterocycles. The summed E-state index contributed by atoms with van der Waals surface area (Å²) in [5.41, 5.74) is 10.4. The van der Waals surface area contributed by atoms with Gasteiger partial charge >= 0.3 is 0 Å². The molecule has 7 heteroatoms. The number of rotatable bonds is 9. The van der Waals surface area contributed by atoms with E-state index in [1.165, 1.54) is 16.7 Å². The minimum atomic E-state index is -0.759. The highest BCUT2D eigenvalue weighted by atomic mass is 16.6. The van der Waals surface area contributed by atoms with Gasteiger partial charge in [0, 0.05) is 34.8 Å². The van der Waals surface area contributed by atoms with Crippen molar-refractivity contribution in [3.05, 3.63) is 70.3 Å². The van der Waals surface area contributed by atoms with E-state index in [9.17, 15) is 24.9 Å². The number of Topliss-reactive ketones (excluding diaryl/α,β-unsaturated/α-hetero) is 2. The third-order valence-corrected chi connectivity index (χ3v) is 17.4. The quantitative estimate of drug-likeness (QED) is 0.147. The Labute approximate surface area is 341 Å². The minimum absolute atomic E-state index is 0.122. The first kappa shape index (κ1) is 40.8. The van der Waals surface area contributed by atoms with Crippen molar-refractivity contribution >= 4 is 17.3 Å². The normalized spacial score (nSPS) is 40.8. The van der Waals surface area contributed by atoms with Crippen molar-refractivity contribution in [1.82, 2.24) is 0 Å². The smallest absolute Gasteiger partial charge is 0.159 e. The van der Waals surface area contributed by atoms with Crippen molar-refractivity contribution in [3.8, 4) is 5.75 Å². The zero-order valence-corrected chi connectivity index (χ0v) is 36.0. The number of nitrogen functional groups attached to an aromatic ring is 1. The maximum absolute atomic E-state index is 14.4. The van der Waals surface area contributed by atoms with Crippen molar-refractivity contribution in [2.45, 2.75) is 162 Å². The second-order valence-electron chi connectivity index (χ2n) is 21.7. The highest BCUT2D eigenvalue weighted by molar-refractivity contribution is 6.00. The fraction of sp³-hybridized carbons (Fsp3) is 0.680. The summed E-state index contributed by atoms with van der Waals surface area (Å²) in [6.45, 7) is 19.7. The average molecular weight is 780 g/mol. The predicted molar refractivity (Wildman–Crippen MR) is 225 cm³/mol. The molecule has 4 saturated carbocycles. The van der Waals surface area contributed by atoms with Gasteiger partial charge in [0.25, 0.3) is 0 Å². The second kappa shape index (κ2) is 13.8. The lowest BCUT2D eigenvalue weighted by Crippen LogP contribution is -2.67. The van der Waals surface area contributed by atoms with Crippen LogP contribution in [-0.2, 0) is 20.7 Å². The zero-order chi connectivity index (χ0) is 41.2. The first-order valence-electron chi connectivity index (χ1n) is 22.2. The standard InChI is InChI=1S/C50H69NO6/c1-27(2)18-29-20-31(22-32(51)21-29)34-14-11-15-36(34)50(9)45(57-50)38(53)19-28(3)42-37-16-17-41-47(6)24-35(30-12-10-13-33(52)23-30)44(56)46(4,5)43(47)40(55)26-49(41,8)48(37,7)25-39(42)54/h10,12-13,20-23,27-28,34-36,38,40-41,43,45,52-53,55H,11,14-19,24-26,51H2,1-9H3. The molecule has 2 aromatic carbocycles. The second-order valence-corrected chi connectivity index (χ2v) is 21.7. The fourth-order valence-corrected chi connectivity index (χ4v) is 15.1. The number of benzene rings is 2. The molecular formula is C50H69NO6. The first-order chi connectivity index (χ1) is 26.7. The fourth-order valence-electron chi connectivity index (χ4n) is 15.1. The van der Waals surface area contributed by atoms with Crippen LogP contribution in [0.3, 0.4) is 0 Å². The molecule has 13 unspecified atom stereocenters. The Bertz CT molecular complexity index is 1980. The van der Waals surface area contributed by atoms with E-state index in [0.29, 0.717) is 43.4 Å². The van der Waals surface area contributed by atoms with E-state index < -0.39 is 28.6 Å². The van der Waals surface area contributed by atoms with Crippen LogP contribution in [0.4, 0.5) is 5.69 Å². The summed E-state index contributed by atoms with van der Waals surface area (Å²) in [5, 5.41) is 34.5. The van der Waals surface area contributed by atoms with E-state index in [0.717, 1.165) is 55.3 Å². The maximum Gasteiger partial charge on any atom is 0.159 e. The van der Waals surface area contributed by atoms with Gasteiger partial charge in [0.2, 0.25) is 0 Å². The van der Waals surface area contributed by atoms with E-state index in [1.54, 1.807) is 12.1 Å². The van der Waals surface area contributed by atoms with Gasteiger partial charge in [-0.3, -0.25) is 9.59 Å². The molecule has 0 bridgehead atoms. The lowest BCUT2D eigenvalue weighted by molar-refractivity contribution is -0.219.